The van der Waals surface area contributed by atoms with Crippen molar-refractivity contribution in [1.82, 2.24) is 15.3 Å². The molecular formula is C19H22F2N4O2S. The summed E-state index contributed by atoms with van der Waals surface area (Å²) in [6.07, 6.45) is 2.49. The highest BCUT2D eigenvalue weighted by Gasteiger charge is 2.40. The number of amides is 2. The van der Waals surface area contributed by atoms with Gasteiger partial charge in [0.15, 0.2) is 5.13 Å². The van der Waals surface area contributed by atoms with Gasteiger partial charge in [-0.25, -0.2) is 4.98 Å². The Morgan fingerprint density at radius 2 is 1.93 bits per heavy atom. The summed E-state index contributed by atoms with van der Waals surface area (Å²) in [6.45, 7) is 7.34. The van der Waals surface area contributed by atoms with Crippen LogP contribution in [0.1, 0.15) is 55.9 Å². The van der Waals surface area contributed by atoms with Crippen molar-refractivity contribution < 1.29 is 18.4 Å². The Morgan fingerprint density at radius 1 is 1.29 bits per heavy atom. The van der Waals surface area contributed by atoms with E-state index >= 15 is 0 Å². The lowest BCUT2D eigenvalue weighted by molar-refractivity contribution is -0.115. The fourth-order valence-electron chi connectivity index (χ4n) is 3.22. The Balaban J connectivity index is 1.95. The Kier molecular flexibility index (Phi) is 5.47. The first-order chi connectivity index (χ1) is 13.1. The molecule has 1 atom stereocenters. The number of anilines is 2. The van der Waals surface area contributed by atoms with Gasteiger partial charge in [-0.15, -0.1) is 11.3 Å². The first kappa shape index (κ1) is 20.3. The predicted octanol–water partition coefficient (Wildman–Crippen LogP) is 3.98. The van der Waals surface area contributed by atoms with E-state index in [1.54, 1.807) is 0 Å². The lowest BCUT2D eigenvalue weighted by Crippen LogP contribution is -2.52. The minimum absolute atomic E-state index is 0.0269. The monoisotopic (exact) mass is 408 g/mol. The third kappa shape index (κ3) is 3.89. The maximum absolute atomic E-state index is 13.5. The molecule has 2 amide bonds. The summed E-state index contributed by atoms with van der Waals surface area (Å²) < 4.78 is 27.1. The molecular weight excluding hydrogens is 386 g/mol. The molecule has 2 aromatic rings. The van der Waals surface area contributed by atoms with E-state index in [0.717, 1.165) is 41.2 Å². The van der Waals surface area contributed by atoms with Crippen LogP contribution < -0.4 is 10.2 Å². The van der Waals surface area contributed by atoms with E-state index in [2.05, 4.69) is 29.1 Å². The van der Waals surface area contributed by atoms with Crippen LogP contribution in [0.2, 0.25) is 0 Å². The number of halogens is 2. The van der Waals surface area contributed by atoms with E-state index in [1.165, 1.54) is 6.92 Å². The van der Waals surface area contributed by atoms with E-state index in [4.69, 9.17) is 0 Å². The van der Waals surface area contributed by atoms with Gasteiger partial charge >= 0.3 is 0 Å². The summed E-state index contributed by atoms with van der Waals surface area (Å²) in [5.74, 6) is -2.86. The smallest absolute Gasteiger partial charge is 0.271 e. The zero-order chi connectivity index (χ0) is 20.6. The van der Waals surface area contributed by atoms with Crippen LogP contribution in [-0.2, 0) is 11.2 Å². The van der Waals surface area contributed by atoms with Gasteiger partial charge in [0, 0.05) is 30.0 Å². The molecule has 150 valence electrons. The van der Waals surface area contributed by atoms with Crippen molar-refractivity contribution in [2.45, 2.75) is 53.0 Å². The average molecular weight is 408 g/mol. The molecule has 0 radical (unpaired) electrons. The number of hydrogen-bond donors (Lipinski definition) is 1. The molecule has 3 rings (SSSR count). The third-order valence-corrected chi connectivity index (χ3v) is 6.25. The minimum Gasteiger partial charge on any atom is -0.347 e. The quantitative estimate of drug-likeness (QED) is 0.760. The van der Waals surface area contributed by atoms with Gasteiger partial charge in [-0.1, -0.05) is 20.8 Å². The number of aryl methyl sites for hydroxylation is 1. The Bertz CT molecular complexity index is 908. The van der Waals surface area contributed by atoms with Crippen LogP contribution in [-0.4, -0.2) is 27.8 Å². The number of carbonyl (C=O) groups is 2. The van der Waals surface area contributed by atoms with Crippen molar-refractivity contribution >= 4 is 34.0 Å². The molecule has 0 bridgehead atoms. The highest BCUT2D eigenvalue weighted by Crippen LogP contribution is 2.40. The van der Waals surface area contributed by atoms with E-state index in [0.29, 0.717) is 11.3 Å². The number of hydrogen-bond acceptors (Lipinski definition) is 5. The van der Waals surface area contributed by atoms with Gasteiger partial charge < -0.3 is 5.32 Å². The normalized spacial score (nSPS) is 17.7. The number of rotatable bonds is 5. The number of pyridine rings is 1. The van der Waals surface area contributed by atoms with Crippen LogP contribution in [0.4, 0.5) is 19.6 Å². The first-order valence-electron chi connectivity index (χ1n) is 9.06. The van der Waals surface area contributed by atoms with Gasteiger partial charge in [-0.05, 0) is 24.7 Å². The second kappa shape index (κ2) is 7.54. The summed E-state index contributed by atoms with van der Waals surface area (Å²) in [5, 5.41) is 3.20. The second-order valence-electron chi connectivity index (χ2n) is 7.50. The number of aromatic nitrogens is 2. The number of thiazole rings is 1. The van der Waals surface area contributed by atoms with Crippen LogP contribution >= 0.6 is 11.3 Å². The van der Waals surface area contributed by atoms with E-state index in [1.807, 2.05) is 6.92 Å². The molecule has 0 aliphatic heterocycles. The summed E-state index contributed by atoms with van der Waals surface area (Å²) >= 11 is 1.15. The highest BCUT2D eigenvalue weighted by atomic mass is 32.1. The van der Waals surface area contributed by atoms with Crippen LogP contribution in [0.3, 0.4) is 0 Å². The molecule has 1 saturated carbocycles. The summed E-state index contributed by atoms with van der Waals surface area (Å²) in [6, 6.07) is 1.98. The number of nitrogens with one attached hydrogen (secondary N) is 1. The van der Waals surface area contributed by atoms with Crippen molar-refractivity contribution in [3.05, 3.63) is 34.6 Å². The number of nitrogens with zero attached hydrogens (tertiary/aromatic N) is 3. The molecule has 2 heterocycles. The molecule has 0 spiro atoms. The predicted molar refractivity (Wildman–Crippen MR) is 103 cm³/mol. The molecule has 1 N–H and O–H groups in total. The molecule has 0 aromatic carbocycles. The topological polar surface area (TPSA) is 75.2 Å². The SMILES string of the molecule is CCc1sc(N(C(C)=O)c2cc(F)nc(F)c2)nc1C(=O)NC1CCC1(C)C. The summed E-state index contributed by atoms with van der Waals surface area (Å²) in [5.41, 5.74) is 0.255. The van der Waals surface area contributed by atoms with Crippen LogP contribution in [0.15, 0.2) is 12.1 Å². The van der Waals surface area contributed by atoms with Crippen molar-refractivity contribution in [3.8, 4) is 0 Å². The summed E-state index contributed by atoms with van der Waals surface area (Å²) in [4.78, 5) is 34.1. The zero-order valence-electron chi connectivity index (χ0n) is 16.2. The van der Waals surface area contributed by atoms with Crippen molar-refractivity contribution in [1.29, 1.82) is 0 Å². The van der Waals surface area contributed by atoms with Crippen molar-refractivity contribution in [3.63, 3.8) is 0 Å². The van der Waals surface area contributed by atoms with Gasteiger partial charge in [0.1, 0.15) is 5.69 Å². The molecule has 1 aliphatic rings. The lowest BCUT2D eigenvalue weighted by Gasteiger charge is -2.44. The van der Waals surface area contributed by atoms with E-state index < -0.39 is 17.8 Å². The van der Waals surface area contributed by atoms with E-state index in [-0.39, 0.29) is 33.9 Å². The van der Waals surface area contributed by atoms with Crippen LogP contribution in [0.5, 0.6) is 0 Å². The van der Waals surface area contributed by atoms with Gasteiger partial charge in [-0.2, -0.15) is 13.8 Å². The average Bonchev–Trinajstić information content (AvgIpc) is 3.01. The van der Waals surface area contributed by atoms with Gasteiger partial charge in [0.2, 0.25) is 17.8 Å². The molecule has 9 heteroatoms. The van der Waals surface area contributed by atoms with Gasteiger partial charge in [0.05, 0.1) is 5.69 Å². The fourth-order valence-corrected chi connectivity index (χ4v) is 4.28. The number of carbonyl (C=O) groups excluding carboxylic acids is 2. The minimum atomic E-state index is -1.04. The van der Waals surface area contributed by atoms with E-state index in [9.17, 15) is 18.4 Å². The Labute approximate surface area is 166 Å². The Morgan fingerprint density at radius 3 is 2.39 bits per heavy atom. The Hall–Kier alpha value is -2.42. The summed E-state index contributed by atoms with van der Waals surface area (Å²) in [7, 11) is 0. The molecule has 1 unspecified atom stereocenters. The lowest BCUT2D eigenvalue weighted by atomic mass is 9.67. The molecule has 28 heavy (non-hydrogen) atoms. The van der Waals surface area contributed by atoms with Gasteiger partial charge in [-0.3, -0.25) is 14.5 Å². The molecule has 1 aliphatic carbocycles. The second-order valence-corrected chi connectivity index (χ2v) is 8.56. The zero-order valence-corrected chi connectivity index (χ0v) is 17.0. The standard InChI is InChI=1S/C19H22F2N4O2S/c1-5-12-16(17(27)22-13-6-7-19(13,3)4)24-18(28-12)25(10(2)26)11-8-14(20)23-15(21)9-11/h8-9,13H,5-7H2,1-4H3,(H,22,27). The maximum Gasteiger partial charge on any atom is 0.271 e. The highest BCUT2D eigenvalue weighted by molar-refractivity contribution is 7.16. The maximum atomic E-state index is 13.5. The largest absolute Gasteiger partial charge is 0.347 e. The first-order valence-corrected chi connectivity index (χ1v) is 9.88. The molecule has 0 saturated heterocycles. The molecule has 6 nitrogen and oxygen atoms in total. The van der Waals surface area contributed by atoms with Crippen molar-refractivity contribution in [2.75, 3.05) is 4.90 Å². The third-order valence-electron chi connectivity index (χ3n) is 5.06. The molecule has 2 aromatic heterocycles. The van der Waals surface area contributed by atoms with Crippen LogP contribution in [0, 0.1) is 17.3 Å². The van der Waals surface area contributed by atoms with Crippen LogP contribution in [0.25, 0.3) is 0 Å². The molecule has 1 fully saturated rings. The fraction of sp³-hybridized carbons (Fsp3) is 0.474. The van der Waals surface area contributed by atoms with Gasteiger partial charge in [0.25, 0.3) is 5.91 Å². The van der Waals surface area contributed by atoms with Crippen molar-refractivity contribution in [2.24, 2.45) is 5.41 Å².